The SMILES string of the molecule is [C-]#[N+]C1=Cc2c(ccc(CN3CCC(c4cn(-c5cccc(F)c5)c5cncnc45)CC3)c2C)C1. The van der Waals surface area contributed by atoms with Gasteiger partial charge in [0.2, 0.25) is 0 Å². The molecule has 174 valence electrons. The summed E-state index contributed by atoms with van der Waals surface area (Å²) >= 11 is 0. The monoisotopic (exact) mass is 463 g/mol. The molecule has 35 heavy (non-hydrogen) atoms. The van der Waals surface area contributed by atoms with Crippen LogP contribution in [0, 0.1) is 19.3 Å². The van der Waals surface area contributed by atoms with Crippen LogP contribution in [0.1, 0.15) is 46.6 Å². The standard InChI is InChI=1S/C29H26FN5/c1-19-22(7-6-21-12-24(31-2)14-26(19)21)16-34-10-8-20(9-11-34)27-17-35(25-5-3-4-23(30)13-25)28-15-32-18-33-29(27)28/h3-7,13-15,17-18,20H,8-12,16H2,1H3. The normalized spacial score (nSPS) is 16.3. The average Bonchev–Trinajstić information content (AvgIpc) is 3.49. The summed E-state index contributed by atoms with van der Waals surface area (Å²) < 4.78 is 15.9. The molecule has 1 aliphatic heterocycles. The second-order valence-corrected chi connectivity index (χ2v) is 9.59. The third kappa shape index (κ3) is 3.92. The number of hydrogen-bond donors (Lipinski definition) is 0. The second-order valence-electron chi connectivity index (χ2n) is 9.59. The molecule has 2 aromatic carbocycles. The lowest BCUT2D eigenvalue weighted by molar-refractivity contribution is 0.204. The van der Waals surface area contributed by atoms with Crippen LogP contribution in [0.15, 0.2) is 60.8 Å². The lowest BCUT2D eigenvalue weighted by Crippen LogP contribution is -2.32. The van der Waals surface area contributed by atoms with Crippen LogP contribution < -0.4 is 0 Å². The van der Waals surface area contributed by atoms with Crippen molar-refractivity contribution in [2.75, 3.05) is 13.1 Å². The van der Waals surface area contributed by atoms with Crippen molar-refractivity contribution in [3.63, 3.8) is 0 Å². The zero-order valence-corrected chi connectivity index (χ0v) is 19.7. The van der Waals surface area contributed by atoms with Gasteiger partial charge in [0.15, 0.2) is 5.70 Å². The number of fused-ring (bicyclic) bond motifs is 2. The van der Waals surface area contributed by atoms with E-state index in [-0.39, 0.29) is 5.82 Å². The molecule has 4 aromatic rings. The minimum absolute atomic E-state index is 0.251. The highest BCUT2D eigenvalue weighted by Crippen LogP contribution is 2.36. The summed E-state index contributed by atoms with van der Waals surface area (Å²) in [6.07, 6.45) is 10.5. The molecule has 0 unspecified atom stereocenters. The quantitative estimate of drug-likeness (QED) is 0.345. The first-order valence-electron chi connectivity index (χ1n) is 12.1. The Balaban J connectivity index is 1.21. The van der Waals surface area contributed by atoms with Crippen LogP contribution >= 0.6 is 0 Å². The first-order valence-corrected chi connectivity index (χ1v) is 12.1. The van der Waals surface area contributed by atoms with Gasteiger partial charge in [-0.15, -0.1) is 0 Å². The summed E-state index contributed by atoms with van der Waals surface area (Å²) in [5.74, 6) is 0.155. The summed E-state index contributed by atoms with van der Waals surface area (Å²) in [4.78, 5) is 15.0. The van der Waals surface area contributed by atoms with E-state index in [1.165, 1.54) is 33.9 Å². The number of benzene rings is 2. The first-order chi connectivity index (χ1) is 17.1. The minimum atomic E-state index is -0.251. The highest BCUT2D eigenvalue weighted by molar-refractivity contribution is 5.81. The van der Waals surface area contributed by atoms with Crippen molar-refractivity contribution in [3.05, 3.63) is 106 Å². The molecule has 6 heteroatoms. The number of hydrogen-bond acceptors (Lipinski definition) is 3. The molecule has 5 nitrogen and oxygen atoms in total. The first kappa shape index (κ1) is 21.7. The van der Waals surface area contributed by atoms with Gasteiger partial charge in [-0.1, -0.05) is 24.3 Å². The molecule has 0 atom stereocenters. The highest BCUT2D eigenvalue weighted by Gasteiger charge is 2.26. The van der Waals surface area contributed by atoms with Crippen LogP contribution in [0.5, 0.6) is 0 Å². The predicted octanol–water partition coefficient (Wildman–Crippen LogP) is 6.06. The largest absolute Gasteiger partial charge is 0.313 e. The Kier molecular flexibility index (Phi) is 5.43. The lowest BCUT2D eigenvalue weighted by atomic mass is 9.90. The molecule has 1 fully saturated rings. The number of likely N-dealkylation sites (tertiary alicyclic amines) is 1. The zero-order valence-electron chi connectivity index (χ0n) is 19.7. The third-order valence-corrected chi connectivity index (χ3v) is 7.55. The van der Waals surface area contributed by atoms with Gasteiger partial charge in [-0.3, -0.25) is 4.90 Å². The van der Waals surface area contributed by atoms with Crippen LogP contribution in [0.25, 0.3) is 27.6 Å². The van der Waals surface area contributed by atoms with Crippen LogP contribution in [-0.2, 0) is 13.0 Å². The van der Waals surface area contributed by atoms with E-state index in [9.17, 15) is 4.39 Å². The molecule has 0 radical (unpaired) electrons. The Hall–Kier alpha value is -3.82. The molecule has 1 aliphatic carbocycles. The minimum Gasteiger partial charge on any atom is -0.313 e. The van der Waals surface area contributed by atoms with E-state index in [0.29, 0.717) is 5.92 Å². The fourth-order valence-corrected chi connectivity index (χ4v) is 5.61. The van der Waals surface area contributed by atoms with Crippen LogP contribution in [0.3, 0.4) is 0 Å². The molecule has 2 aromatic heterocycles. The molecule has 0 spiro atoms. The summed E-state index contributed by atoms with van der Waals surface area (Å²) in [7, 11) is 0. The molecule has 0 saturated carbocycles. The van der Waals surface area contributed by atoms with Crippen molar-refractivity contribution in [2.45, 2.75) is 38.6 Å². The molecule has 0 N–H and O–H groups in total. The Morgan fingerprint density at radius 3 is 2.83 bits per heavy atom. The molecule has 6 rings (SSSR count). The summed E-state index contributed by atoms with van der Waals surface area (Å²) in [5, 5.41) is 0. The molecule has 0 amide bonds. The molecule has 1 saturated heterocycles. The van der Waals surface area contributed by atoms with Crippen LogP contribution in [0.2, 0.25) is 0 Å². The van der Waals surface area contributed by atoms with Gasteiger partial charge >= 0.3 is 0 Å². The van der Waals surface area contributed by atoms with Crippen molar-refractivity contribution >= 4 is 17.1 Å². The smallest absolute Gasteiger partial charge is 0.170 e. The van der Waals surface area contributed by atoms with E-state index in [1.54, 1.807) is 18.5 Å². The van der Waals surface area contributed by atoms with E-state index < -0.39 is 0 Å². The van der Waals surface area contributed by atoms with Gasteiger partial charge in [0.05, 0.1) is 23.8 Å². The van der Waals surface area contributed by atoms with E-state index >= 15 is 0 Å². The maximum atomic E-state index is 13.9. The van der Waals surface area contributed by atoms with Gasteiger partial charge in [-0.25, -0.2) is 19.2 Å². The lowest BCUT2D eigenvalue weighted by Gasteiger charge is -2.32. The number of allylic oxidation sites excluding steroid dienone is 1. The van der Waals surface area contributed by atoms with Crippen molar-refractivity contribution < 1.29 is 4.39 Å². The maximum Gasteiger partial charge on any atom is 0.170 e. The topological polar surface area (TPSA) is 38.3 Å². The number of nitrogens with zero attached hydrogens (tertiary/aromatic N) is 5. The van der Waals surface area contributed by atoms with E-state index in [2.05, 4.69) is 51.0 Å². The number of piperidine rings is 1. The highest BCUT2D eigenvalue weighted by atomic mass is 19.1. The van der Waals surface area contributed by atoms with Gasteiger partial charge < -0.3 is 4.57 Å². The van der Waals surface area contributed by atoms with Gasteiger partial charge in [0.25, 0.3) is 0 Å². The Morgan fingerprint density at radius 2 is 2.03 bits per heavy atom. The molecular formula is C29H26FN5. The van der Waals surface area contributed by atoms with Gasteiger partial charge in [0.1, 0.15) is 12.1 Å². The zero-order chi connectivity index (χ0) is 23.9. The predicted molar refractivity (Wildman–Crippen MR) is 136 cm³/mol. The molecule has 3 heterocycles. The fraction of sp³-hybridized carbons (Fsp3) is 0.276. The third-order valence-electron chi connectivity index (χ3n) is 7.55. The van der Waals surface area contributed by atoms with Crippen molar-refractivity contribution in [2.24, 2.45) is 0 Å². The second kappa shape index (κ2) is 8.75. The Bertz CT molecular complexity index is 1500. The number of aromatic nitrogens is 3. The molecule has 2 aliphatic rings. The van der Waals surface area contributed by atoms with Gasteiger partial charge in [-0.05, 0) is 84.8 Å². The average molecular weight is 464 g/mol. The van der Waals surface area contributed by atoms with Crippen molar-refractivity contribution in [3.8, 4) is 5.69 Å². The maximum absolute atomic E-state index is 13.9. The Morgan fingerprint density at radius 1 is 1.17 bits per heavy atom. The van der Waals surface area contributed by atoms with E-state index in [0.717, 1.165) is 61.3 Å². The van der Waals surface area contributed by atoms with Gasteiger partial charge in [-0.2, -0.15) is 0 Å². The molecular weight excluding hydrogens is 437 g/mol. The summed E-state index contributed by atoms with van der Waals surface area (Å²) in [6, 6.07) is 11.1. The van der Waals surface area contributed by atoms with E-state index in [4.69, 9.17) is 6.57 Å². The Labute approximate surface area is 204 Å². The van der Waals surface area contributed by atoms with Crippen molar-refractivity contribution in [1.29, 1.82) is 0 Å². The van der Waals surface area contributed by atoms with Crippen LogP contribution in [-0.4, -0.2) is 32.5 Å². The number of halogens is 1. The fourth-order valence-electron chi connectivity index (χ4n) is 5.61. The summed E-state index contributed by atoms with van der Waals surface area (Å²) in [6.45, 7) is 12.5. The van der Waals surface area contributed by atoms with E-state index in [1.807, 2.05) is 16.8 Å². The number of rotatable bonds is 4. The van der Waals surface area contributed by atoms with Gasteiger partial charge in [0, 0.05) is 24.8 Å². The van der Waals surface area contributed by atoms with Crippen molar-refractivity contribution in [1.82, 2.24) is 19.4 Å². The van der Waals surface area contributed by atoms with Crippen LogP contribution in [0.4, 0.5) is 4.39 Å². The summed E-state index contributed by atoms with van der Waals surface area (Å²) in [5.41, 5.74) is 9.88. The molecule has 0 bridgehead atoms.